The second-order valence-corrected chi connectivity index (χ2v) is 18.0. The Balaban J connectivity index is 4.63. The molecule has 364 valence electrons. The van der Waals surface area contributed by atoms with Gasteiger partial charge in [-0.05, 0) is 70.6 Å². The normalized spacial score (nSPS) is 13.8. The molecule has 3 N–H and O–H groups in total. The molecule has 3 atom stereocenters. The van der Waals surface area contributed by atoms with Gasteiger partial charge >= 0.3 is 5.97 Å². The number of carbonyl (C=O) groups excluding carboxylic acids is 2. The van der Waals surface area contributed by atoms with Gasteiger partial charge < -0.3 is 20.3 Å². The predicted molar refractivity (Wildman–Crippen MR) is 273 cm³/mol. The fourth-order valence-electron chi connectivity index (χ4n) is 7.81. The van der Waals surface area contributed by atoms with Gasteiger partial charge in [-0.1, -0.05) is 241 Å². The smallest absolute Gasteiger partial charge is 0.306 e. The minimum absolute atomic E-state index is 0.0616. The number of unbranched alkanes of at least 4 members (excludes halogenated alkanes) is 27. The first kappa shape index (κ1) is 60.3. The SMILES string of the molecule is CCC/C=C/C=C/C=C/C=C/C=C/CCCCCCCC(=O)OC(CCCCCCCCC/C=C/CCCCCCCC)CC(=O)NC(CO)C(O)CCCCCCCCCCC. The zero-order chi connectivity index (χ0) is 45.9. The molecular weight excluding hydrogens is 779 g/mol. The van der Waals surface area contributed by atoms with E-state index in [1.165, 1.54) is 122 Å². The third-order valence-electron chi connectivity index (χ3n) is 11.9. The van der Waals surface area contributed by atoms with Gasteiger partial charge in [0, 0.05) is 6.42 Å². The zero-order valence-corrected chi connectivity index (χ0v) is 41.4. The highest BCUT2D eigenvalue weighted by Gasteiger charge is 2.24. The molecule has 0 aromatic heterocycles. The molecule has 0 aliphatic carbocycles. The summed E-state index contributed by atoms with van der Waals surface area (Å²) in [6.07, 6.45) is 63.9. The Hall–Kier alpha value is -2.70. The fraction of sp³-hybridized carbons (Fsp3) is 0.754. The molecule has 3 unspecified atom stereocenters. The van der Waals surface area contributed by atoms with Gasteiger partial charge in [0.05, 0.1) is 25.2 Å². The number of aliphatic hydroxyl groups excluding tert-OH is 2. The maximum atomic E-state index is 13.2. The first-order chi connectivity index (χ1) is 31.0. The lowest BCUT2D eigenvalue weighted by Crippen LogP contribution is -2.46. The van der Waals surface area contributed by atoms with Gasteiger partial charge in [-0.25, -0.2) is 0 Å². The Labute approximate surface area is 390 Å². The van der Waals surface area contributed by atoms with Crippen molar-refractivity contribution in [3.05, 3.63) is 72.9 Å². The van der Waals surface area contributed by atoms with Gasteiger partial charge in [0.25, 0.3) is 0 Å². The van der Waals surface area contributed by atoms with Crippen molar-refractivity contribution in [1.82, 2.24) is 5.32 Å². The van der Waals surface area contributed by atoms with Crippen LogP contribution in [0, 0.1) is 0 Å². The maximum absolute atomic E-state index is 13.2. The quantitative estimate of drug-likeness (QED) is 0.0245. The van der Waals surface area contributed by atoms with E-state index in [0.29, 0.717) is 19.3 Å². The molecule has 0 radical (unpaired) electrons. The van der Waals surface area contributed by atoms with Crippen molar-refractivity contribution >= 4 is 11.9 Å². The van der Waals surface area contributed by atoms with Crippen LogP contribution in [0.4, 0.5) is 0 Å². The summed E-state index contributed by atoms with van der Waals surface area (Å²) in [7, 11) is 0. The second-order valence-electron chi connectivity index (χ2n) is 18.0. The first-order valence-electron chi connectivity index (χ1n) is 26.7. The van der Waals surface area contributed by atoms with E-state index >= 15 is 0 Å². The third-order valence-corrected chi connectivity index (χ3v) is 11.9. The molecule has 0 saturated heterocycles. The van der Waals surface area contributed by atoms with Crippen LogP contribution in [0.15, 0.2) is 72.9 Å². The van der Waals surface area contributed by atoms with E-state index in [-0.39, 0.29) is 24.9 Å². The topological polar surface area (TPSA) is 95.9 Å². The van der Waals surface area contributed by atoms with E-state index in [1.54, 1.807) is 0 Å². The lowest BCUT2D eigenvalue weighted by atomic mass is 10.0. The summed E-state index contributed by atoms with van der Waals surface area (Å²) in [6, 6.07) is -0.710. The van der Waals surface area contributed by atoms with E-state index < -0.39 is 18.2 Å². The van der Waals surface area contributed by atoms with Crippen molar-refractivity contribution < 1.29 is 24.5 Å². The summed E-state index contributed by atoms with van der Waals surface area (Å²) < 4.78 is 5.93. The Morgan fingerprint density at radius 2 is 0.857 bits per heavy atom. The van der Waals surface area contributed by atoms with Gasteiger partial charge in [0.15, 0.2) is 0 Å². The van der Waals surface area contributed by atoms with Gasteiger partial charge in [-0.3, -0.25) is 9.59 Å². The van der Waals surface area contributed by atoms with Crippen molar-refractivity contribution in [3.8, 4) is 0 Å². The van der Waals surface area contributed by atoms with Gasteiger partial charge in [-0.2, -0.15) is 0 Å². The van der Waals surface area contributed by atoms with Crippen molar-refractivity contribution in [2.45, 2.75) is 270 Å². The zero-order valence-electron chi connectivity index (χ0n) is 41.4. The Kier molecular flexibility index (Phi) is 48.1. The highest BCUT2D eigenvalue weighted by atomic mass is 16.5. The molecule has 0 aromatic carbocycles. The molecule has 0 aliphatic heterocycles. The Morgan fingerprint density at radius 3 is 1.33 bits per heavy atom. The highest BCUT2D eigenvalue weighted by Crippen LogP contribution is 2.18. The molecule has 6 heteroatoms. The average Bonchev–Trinajstić information content (AvgIpc) is 3.28. The summed E-state index contributed by atoms with van der Waals surface area (Å²) in [5.74, 6) is -0.506. The number of allylic oxidation sites excluding steroid dienone is 12. The number of hydrogen-bond acceptors (Lipinski definition) is 5. The lowest BCUT2D eigenvalue weighted by Gasteiger charge is -2.24. The monoisotopic (exact) mass is 880 g/mol. The van der Waals surface area contributed by atoms with Gasteiger partial charge in [0.2, 0.25) is 5.91 Å². The number of rotatable bonds is 47. The second kappa shape index (κ2) is 50.3. The van der Waals surface area contributed by atoms with Crippen LogP contribution in [0.5, 0.6) is 0 Å². The van der Waals surface area contributed by atoms with Crippen LogP contribution >= 0.6 is 0 Å². The molecule has 6 nitrogen and oxygen atoms in total. The van der Waals surface area contributed by atoms with Crippen molar-refractivity contribution in [1.29, 1.82) is 0 Å². The molecule has 0 heterocycles. The molecule has 0 bridgehead atoms. The minimum Gasteiger partial charge on any atom is -0.462 e. The largest absolute Gasteiger partial charge is 0.462 e. The fourth-order valence-corrected chi connectivity index (χ4v) is 7.81. The van der Waals surface area contributed by atoms with Crippen LogP contribution in [0.1, 0.15) is 252 Å². The molecule has 0 aromatic rings. The van der Waals surface area contributed by atoms with Crippen LogP contribution in [0.2, 0.25) is 0 Å². The van der Waals surface area contributed by atoms with Crippen molar-refractivity contribution in [2.75, 3.05) is 6.61 Å². The number of ether oxygens (including phenoxy) is 1. The summed E-state index contributed by atoms with van der Waals surface area (Å²) >= 11 is 0. The van der Waals surface area contributed by atoms with Gasteiger partial charge in [0.1, 0.15) is 6.10 Å². The summed E-state index contributed by atoms with van der Waals surface area (Å²) in [5, 5.41) is 23.7. The van der Waals surface area contributed by atoms with E-state index in [4.69, 9.17) is 4.74 Å². The third kappa shape index (κ3) is 45.7. The molecular formula is C57H101NO5. The number of carbonyl (C=O) groups is 2. The maximum Gasteiger partial charge on any atom is 0.306 e. The van der Waals surface area contributed by atoms with Crippen molar-refractivity contribution in [3.63, 3.8) is 0 Å². The van der Waals surface area contributed by atoms with E-state index in [1.807, 2.05) is 24.3 Å². The predicted octanol–water partition coefficient (Wildman–Crippen LogP) is 16.2. The standard InChI is InChI=1S/C57H101NO5/c1-4-7-10-13-16-19-21-23-25-27-29-31-33-35-38-41-44-47-50-57(62)63-53(48-45-42-39-37-34-32-30-28-26-24-22-20-17-14-11-8-5-2)51-56(61)58-54(52-59)55(60)49-46-43-40-36-18-15-12-9-6-3/h10,13,16,19,21,23-27,29,31,53-55,59-60H,4-9,11-12,14-15,17-18,20,22,28,30,32-52H2,1-3H3,(H,58,61)/b13-10+,19-16+,23-21+,26-24+,27-25+,31-29+. The number of esters is 1. The van der Waals surface area contributed by atoms with Crippen LogP contribution in [0.3, 0.4) is 0 Å². The lowest BCUT2D eigenvalue weighted by molar-refractivity contribution is -0.151. The van der Waals surface area contributed by atoms with Gasteiger partial charge in [-0.15, -0.1) is 0 Å². The molecule has 0 fully saturated rings. The molecule has 0 spiro atoms. The minimum atomic E-state index is -0.795. The molecule has 0 rings (SSSR count). The molecule has 1 amide bonds. The number of nitrogens with one attached hydrogen (secondary N) is 1. The average molecular weight is 880 g/mol. The highest BCUT2D eigenvalue weighted by molar-refractivity contribution is 5.77. The van der Waals surface area contributed by atoms with Crippen molar-refractivity contribution in [2.24, 2.45) is 0 Å². The molecule has 63 heavy (non-hydrogen) atoms. The number of amides is 1. The van der Waals surface area contributed by atoms with E-state index in [9.17, 15) is 19.8 Å². The van der Waals surface area contributed by atoms with Crippen LogP contribution in [0.25, 0.3) is 0 Å². The molecule has 0 saturated carbocycles. The van der Waals surface area contributed by atoms with Crippen LogP contribution in [-0.4, -0.2) is 46.9 Å². The van der Waals surface area contributed by atoms with E-state index in [0.717, 1.165) is 83.5 Å². The first-order valence-corrected chi connectivity index (χ1v) is 26.7. The van der Waals surface area contributed by atoms with Crippen LogP contribution in [-0.2, 0) is 14.3 Å². The summed E-state index contributed by atoms with van der Waals surface area (Å²) in [5.41, 5.74) is 0. The molecule has 0 aliphatic rings. The number of aliphatic hydroxyl groups is 2. The Morgan fingerprint density at radius 1 is 0.460 bits per heavy atom. The summed E-state index contributed by atoms with van der Waals surface area (Å²) in [6.45, 7) is 6.37. The summed E-state index contributed by atoms with van der Waals surface area (Å²) in [4.78, 5) is 26.2. The van der Waals surface area contributed by atoms with E-state index in [2.05, 4.69) is 74.7 Å². The van der Waals surface area contributed by atoms with Crippen LogP contribution < -0.4 is 5.32 Å². The Bertz CT molecular complexity index is 1170. The number of hydrogen-bond donors (Lipinski definition) is 3.